The molecule has 0 aliphatic carbocycles. The van der Waals surface area contributed by atoms with Crippen LogP contribution in [0.1, 0.15) is 11.1 Å². The third-order valence-corrected chi connectivity index (χ3v) is 4.26. The van der Waals surface area contributed by atoms with Crippen LogP contribution in [0.25, 0.3) is 0 Å². The van der Waals surface area contributed by atoms with E-state index in [2.05, 4.69) is 4.99 Å². The lowest BCUT2D eigenvalue weighted by Gasteiger charge is -2.35. The molecule has 118 valence electrons. The SMILES string of the molecule is FC(F)(F)[C@]1(c2ccccc2)C=Nc2cc3c(cc2C1)OCO3. The zero-order valence-corrected chi connectivity index (χ0v) is 11.9. The van der Waals surface area contributed by atoms with Gasteiger partial charge in [0.25, 0.3) is 0 Å². The van der Waals surface area contributed by atoms with E-state index in [0.29, 0.717) is 22.7 Å². The number of nitrogens with zero attached hydrogens (tertiary/aromatic N) is 1. The highest BCUT2D eigenvalue weighted by atomic mass is 19.4. The summed E-state index contributed by atoms with van der Waals surface area (Å²) < 4.78 is 52.2. The second-order valence-corrected chi connectivity index (χ2v) is 5.60. The number of halogens is 3. The Kier molecular flexibility index (Phi) is 2.91. The fourth-order valence-corrected chi connectivity index (χ4v) is 3.01. The highest BCUT2D eigenvalue weighted by Gasteiger charge is 2.56. The van der Waals surface area contributed by atoms with Crippen LogP contribution in [0.3, 0.4) is 0 Å². The molecule has 0 N–H and O–H groups in total. The van der Waals surface area contributed by atoms with Gasteiger partial charge in [-0.2, -0.15) is 13.2 Å². The van der Waals surface area contributed by atoms with Crippen molar-refractivity contribution in [1.29, 1.82) is 0 Å². The van der Waals surface area contributed by atoms with Crippen molar-refractivity contribution in [1.82, 2.24) is 0 Å². The van der Waals surface area contributed by atoms with E-state index in [1.165, 1.54) is 12.1 Å². The molecule has 6 heteroatoms. The van der Waals surface area contributed by atoms with Gasteiger partial charge in [0.15, 0.2) is 11.5 Å². The Labute approximate surface area is 130 Å². The maximum absolute atomic E-state index is 13.9. The molecule has 0 saturated carbocycles. The van der Waals surface area contributed by atoms with Gasteiger partial charge in [0.05, 0.1) is 5.69 Å². The van der Waals surface area contributed by atoms with Crippen LogP contribution < -0.4 is 9.47 Å². The van der Waals surface area contributed by atoms with Gasteiger partial charge in [-0.15, -0.1) is 0 Å². The van der Waals surface area contributed by atoms with Crippen LogP contribution in [0.5, 0.6) is 11.5 Å². The number of ether oxygens (including phenoxy) is 2. The fourth-order valence-electron chi connectivity index (χ4n) is 3.01. The van der Waals surface area contributed by atoms with Gasteiger partial charge in [-0.25, -0.2) is 0 Å². The van der Waals surface area contributed by atoms with Crippen LogP contribution in [-0.4, -0.2) is 19.2 Å². The first kappa shape index (κ1) is 14.1. The van der Waals surface area contributed by atoms with Crippen LogP contribution >= 0.6 is 0 Å². The van der Waals surface area contributed by atoms with E-state index in [1.54, 1.807) is 30.3 Å². The van der Waals surface area contributed by atoms with Crippen LogP contribution in [0, 0.1) is 0 Å². The van der Waals surface area contributed by atoms with Crippen LogP contribution in [0.2, 0.25) is 0 Å². The van der Waals surface area contributed by atoms with Gasteiger partial charge in [-0.1, -0.05) is 30.3 Å². The molecule has 0 radical (unpaired) electrons. The second-order valence-electron chi connectivity index (χ2n) is 5.60. The Hall–Kier alpha value is -2.50. The van der Waals surface area contributed by atoms with Crippen LogP contribution in [-0.2, 0) is 11.8 Å². The summed E-state index contributed by atoms with van der Waals surface area (Å²) >= 11 is 0. The Morgan fingerprint density at radius 1 is 1.00 bits per heavy atom. The molecule has 0 spiro atoms. The van der Waals surface area contributed by atoms with Gasteiger partial charge in [-0.3, -0.25) is 4.99 Å². The first-order valence-corrected chi connectivity index (χ1v) is 7.10. The van der Waals surface area contributed by atoms with Gasteiger partial charge in [-0.05, 0) is 23.6 Å². The first-order chi connectivity index (χ1) is 11.0. The molecule has 3 nitrogen and oxygen atoms in total. The molecule has 0 fully saturated rings. The maximum atomic E-state index is 13.9. The Morgan fingerprint density at radius 2 is 1.70 bits per heavy atom. The number of rotatable bonds is 1. The second kappa shape index (κ2) is 4.75. The van der Waals surface area contributed by atoms with Crippen molar-refractivity contribution in [2.45, 2.75) is 18.0 Å². The molecule has 2 aromatic rings. The summed E-state index contributed by atoms with van der Waals surface area (Å²) in [5.41, 5.74) is -0.961. The van der Waals surface area contributed by atoms with Crippen molar-refractivity contribution >= 4 is 11.9 Å². The topological polar surface area (TPSA) is 30.8 Å². The monoisotopic (exact) mass is 319 g/mol. The van der Waals surface area contributed by atoms with E-state index in [1.807, 2.05) is 0 Å². The lowest BCUT2D eigenvalue weighted by Crippen LogP contribution is -2.46. The van der Waals surface area contributed by atoms with E-state index >= 15 is 0 Å². The van der Waals surface area contributed by atoms with Crippen molar-refractivity contribution in [3.05, 3.63) is 53.6 Å². The average molecular weight is 319 g/mol. The molecule has 0 saturated heterocycles. The van der Waals surface area contributed by atoms with Crippen molar-refractivity contribution in [2.24, 2.45) is 4.99 Å². The van der Waals surface area contributed by atoms with Crippen molar-refractivity contribution in [3.8, 4) is 11.5 Å². The molecule has 2 aromatic carbocycles. The van der Waals surface area contributed by atoms with Gasteiger partial charge < -0.3 is 9.47 Å². The van der Waals surface area contributed by atoms with Crippen molar-refractivity contribution in [2.75, 3.05) is 6.79 Å². The van der Waals surface area contributed by atoms with Gasteiger partial charge in [0.1, 0.15) is 5.41 Å². The average Bonchev–Trinajstić information content (AvgIpc) is 2.99. The molecule has 4 rings (SSSR count). The Balaban J connectivity index is 1.86. The predicted molar refractivity (Wildman–Crippen MR) is 78.6 cm³/mol. The number of benzene rings is 2. The van der Waals surface area contributed by atoms with Gasteiger partial charge >= 0.3 is 6.18 Å². The lowest BCUT2D eigenvalue weighted by molar-refractivity contribution is -0.168. The molecule has 0 aromatic heterocycles. The van der Waals surface area contributed by atoms with E-state index in [9.17, 15) is 13.2 Å². The number of aliphatic imine (C=N–C) groups is 1. The summed E-state index contributed by atoms with van der Waals surface area (Å²) in [4.78, 5) is 4.09. The number of fused-ring (bicyclic) bond motifs is 2. The lowest BCUT2D eigenvalue weighted by atomic mass is 9.74. The van der Waals surface area contributed by atoms with Crippen LogP contribution in [0.4, 0.5) is 18.9 Å². The maximum Gasteiger partial charge on any atom is 0.403 e. The smallest absolute Gasteiger partial charge is 0.403 e. The summed E-state index contributed by atoms with van der Waals surface area (Å²) in [5.74, 6) is 0.977. The number of alkyl halides is 3. The van der Waals surface area contributed by atoms with Crippen molar-refractivity contribution < 1.29 is 22.6 Å². The van der Waals surface area contributed by atoms with E-state index in [0.717, 1.165) is 6.21 Å². The highest BCUT2D eigenvalue weighted by Crippen LogP contribution is 2.48. The zero-order valence-electron chi connectivity index (χ0n) is 11.9. The molecule has 1 atom stereocenters. The van der Waals surface area contributed by atoms with Gasteiger partial charge in [0.2, 0.25) is 6.79 Å². The third kappa shape index (κ3) is 2.09. The van der Waals surface area contributed by atoms with E-state index < -0.39 is 11.6 Å². The minimum atomic E-state index is -4.45. The fraction of sp³-hybridized carbons (Fsp3) is 0.235. The molecular formula is C17H12F3NO2. The third-order valence-electron chi connectivity index (χ3n) is 4.26. The summed E-state index contributed by atoms with van der Waals surface area (Å²) in [6.07, 6.45) is -3.66. The summed E-state index contributed by atoms with van der Waals surface area (Å²) in [6.45, 7) is 0.0744. The molecule has 0 unspecified atom stereocenters. The minimum Gasteiger partial charge on any atom is -0.454 e. The Bertz CT molecular complexity index is 786. The van der Waals surface area contributed by atoms with E-state index in [-0.39, 0.29) is 18.8 Å². The molecule has 23 heavy (non-hydrogen) atoms. The zero-order chi connectivity index (χ0) is 16.1. The van der Waals surface area contributed by atoms with Crippen molar-refractivity contribution in [3.63, 3.8) is 0 Å². The molecule has 0 amide bonds. The summed E-state index contributed by atoms with van der Waals surface area (Å²) in [7, 11) is 0. The minimum absolute atomic E-state index is 0.0744. The largest absolute Gasteiger partial charge is 0.454 e. The number of hydrogen-bond acceptors (Lipinski definition) is 3. The molecule has 2 heterocycles. The summed E-state index contributed by atoms with van der Waals surface area (Å²) in [5, 5.41) is 0. The number of hydrogen-bond donors (Lipinski definition) is 0. The standard InChI is InChI=1S/C17H12F3NO2/c18-17(19,20)16(12-4-2-1-3-5-12)8-11-6-14-15(23-10-22-14)7-13(11)21-9-16/h1-7,9H,8,10H2/t16-/m0/s1. The van der Waals surface area contributed by atoms with E-state index in [4.69, 9.17) is 9.47 Å². The highest BCUT2D eigenvalue weighted by molar-refractivity contribution is 5.82. The molecule has 2 aliphatic heterocycles. The quantitative estimate of drug-likeness (QED) is 0.790. The Morgan fingerprint density at radius 3 is 2.39 bits per heavy atom. The van der Waals surface area contributed by atoms with Crippen LogP contribution in [0.15, 0.2) is 47.5 Å². The summed E-state index contributed by atoms with van der Waals surface area (Å²) in [6, 6.07) is 11.1. The normalized spacial score (nSPS) is 22.0. The molecule has 2 aliphatic rings. The first-order valence-electron chi connectivity index (χ1n) is 7.10. The predicted octanol–water partition coefficient (Wildman–Crippen LogP) is 4.17. The molecular weight excluding hydrogens is 307 g/mol. The molecule has 0 bridgehead atoms. The van der Waals surface area contributed by atoms with Gasteiger partial charge in [0, 0.05) is 12.3 Å².